The molecule has 0 aromatic heterocycles. The number of hydrogen-bond donors (Lipinski definition) is 0. The molecule has 11 heteroatoms. The Morgan fingerprint density at radius 2 is 1.11 bits per heavy atom. The fourth-order valence-corrected chi connectivity index (χ4v) is 5.47. The van der Waals surface area contributed by atoms with Gasteiger partial charge in [-0.2, -0.15) is 17.6 Å². The Morgan fingerprint density at radius 3 is 1.39 bits per heavy atom. The molecule has 0 heterocycles. The summed E-state index contributed by atoms with van der Waals surface area (Å²) in [5, 5.41) is -5.76. The second-order valence-electron chi connectivity index (χ2n) is 9.06. The molecule has 0 bridgehead atoms. The number of benzene rings is 3. The van der Waals surface area contributed by atoms with Crippen molar-refractivity contribution >= 4 is 27.0 Å². The summed E-state index contributed by atoms with van der Waals surface area (Å²) in [5.74, 6) is -6.04. The highest BCUT2D eigenvalue weighted by Gasteiger charge is 2.61. The summed E-state index contributed by atoms with van der Waals surface area (Å²) in [6.45, 7) is 3.09. The first-order valence-corrected chi connectivity index (χ1v) is 14.0. The van der Waals surface area contributed by atoms with Gasteiger partial charge in [-0.1, -0.05) is 54.6 Å². The number of esters is 1. The fraction of sp³-hybridized carbons (Fsp3) is 0.296. The average Bonchev–Trinajstić information content (AvgIpc) is 2.85. The maximum atomic E-state index is 12.9. The van der Waals surface area contributed by atoms with E-state index in [0.29, 0.717) is 0 Å². The van der Waals surface area contributed by atoms with E-state index in [1.54, 1.807) is 0 Å². The predicted molar refractivity (Wildman–Crippen MR) is 136 cm³/mol. The highest BCUT2D eigenvalue weighted by atomic mass is 32.2. The minimum atomic E-state index is -6.51. The molecule has 0 saturated heterocycles. The van der Waals surface area contributed by atoms with Crippen molar-refractivity contribution in [3.63, 3.8) is 0 Å². The van der Waals surface area contributed by atoms with Gasteiger partial charge in [-0.25, -0.2) is 8.42 Å². The lowest BCUT2D eigenvalue weighted by molar-refractivity contribution is -0.177. The molecule has 0 aliphatic carbocycles. The molecule has 0 saturated carbocycles. The number of carbonyl (C=O) groups is 1. The third-order valence-electron chi connectivity index (χ3n) is 4.94. The third kappa shape index (κ3) is 8.31. The van der Waals surface area contributed by atoms with E-state index in [1.807, 2.05) is 0 Å². The van der Waals surface area contributed by atoms with Crippen molar-refractivity contribution in [1.29, 1.82) is 0 Å². The molecule has 38 heavy (non-hydrogen) atoms. The molecule has 5 nitrogen and oxygen atoms in total. The number of rotatable bonds is 8. The maximum absolute atomic E-state index is 12.9. The number of halogens is 4. The van der Waals surface area contributed by atoms with Gasteiger partial charge >= 0.3 is 17.1 Å². The number of hydrogen-bond acceptors (Lipinski definition) is 5. The molecular formula is C27H28F4O5S2. The standard InChI is InChI=1S/C18H15S.C9H14F4O5S/c1-4-10-16(11-5-1)19(17-12-6-2-7-13-17)18-14-8-3-9-15-18;1-7(2,3)6(14)18-5-4-8(10,11)9(12,13)19(15,16)17/h1-15H;4-5H2,1-3H3,(H,15,16,17)/q+1;/p-1. The van der Waals surface area contributed by atoms with Crippen molar-refractivity contribution < 1.29 is 40.1 Å². The highest BCUT2D eigenvalue weighted by Crippen LogP contribution is 2.40. The molecule has 3 aromatic carbocycles. The van der Waals surface area contributed by atoms with Gasteiger partial charge in [0.05, 0.1) is 29.3 Å². The zero-order chi connectivity index (χ0) is 28.6. The van der Waals surface area contributed by atoms with Gasteiger partial charge in [0.25, 0.3) is 0 Å². The van der Waals surface area contributed by atoms with Gasteiger partial charge in [0.2, 0.25) is 0 Å². The molecule has 3 aromatic rings. The Labute approximate surface area is 222 Å². The number of alkyl halides is 4. The second kappa shape index (κ2) is 12.8. The van der Waals surface area contributed by atoms with Crippen molar-refractivity contribution in [3.05, 3.63) is 91.0 Å². The van der Waals surface area contributed by atoms with Gasteiger partial charge in [-0.05, 0) is 57.2 Å². The van der Waals surface area contributed by atoms with Crippen LogP contribution >= 0.6 is 0 Å². The predicted octanol–water partition coefficient (Wildman–Crippen LogP) is 6.52. The van der Waals surface area contributed by atoms with E-state index in [9.17, 15) is 35.3 Å². The SMILES string of the molecule is CC(C)(C)C(=O)OCCC(F)(F)C(F)(F)S(=O)(=O)[O-].c1ccc([S+](c2ccccc2)c2ccccc2)cc1. The molecule has 0 radical (unpaired) electrons. The van der Waals surface area contributed by atoms with Gasteiger partial charge < -0.3 is 9.29 Å². The van der Waals surface area contributed by atoms with Crippen molar-refractivity contribution in [1.82, 2.24) is 0 Å². The van der Waals surface area contributed by atoms with Crippen LogP contribution < -0.4 is 0 Å². The molecule has 0 N–H and O–H groups in total. The molecular weight excluding hydrogens is 544 g/mol. The first-order valence-electron chi connectivity index (χ1n) is 11.4. The van der Waals surface area contributed by atoms with Crippen LogP contribution in [0.5, 0.6) is 0 Å². The average molecular weight is 573 g/mol. The summed E-state index contributed by atoms with van der Waals surface area (Å²) in [7, 11) is -6.53. The van der Waals surface area contributed by atoms with E-state index >= 15 is 0 Å². The Bertz CT molecular complexity index is 1170. The van der Waals surface area contributed by atoms with Gasteiger partial charge in [0.15, 0.2) is 24.8 Å². The Hall–Kier alpha value is -2.89. The highest BCUT2D eigenvalue weighted by molar-refractivity contribution is 7.97. The Morgan fingerprint density at radius 1 is 0.763 bits per heavy atom. The smallest absolute Gasteiger partial charge is 0.396 e. The number of carbonyl (C=O) groups excluding carboxylic acids is 1. The van der Waals surface area contributed by atoms with E-state index in [2.05, 4.69) is 95.7 Å². The van der Waals surface area contributed by atoms with E-state index in [-0.39, 0.29) is 10.9 Å². The normalized spacial score (nSPS) is 12.4. The van der Waals surface area contributed by atoms with E-state index in [1.165, 1.54) is 35.5 Å². The van der Waals surface area contributed by atoms with Crippen molar-refractivity contribution in [2.24, 2.45) is 5.41 Å². The summed E-state index contributed by atoms with van der Waals surface area (Å²) in [6, 6.07) is 32.2. The van der Waals surface area contributed by atoms with E-state index < -0.39 is 45.7 Å². The maximum Gasteiger partial charge on any atom is 0.396 e. The van der Waals surface area contributed by atoms with Gasteiger partial charge in [-0.3, -0.25) is 4.79 Å². The zero-order valence-electron chi connectivity index (χ0n) is 20.9. The van der Waals surface area contributed by atoms with Crippen LogP contribution in [0, 0.1) is 5.41 Å². The summed E-state index contributed by atoms with van der Waals surface area (Å²) in [6.07, 6.45) is -1.77. The molecule has 0 aliphatic rings. The summed E-state index contributed by atoms with van der Waals surface area (Å²) in [4.78, 5) is 15.2. The lowest BCUT2D eigenvalue weighted by Gasteiger charge is -2.28. The summed E-state index contributed by atoms with van der Waals surface area (Å²) in [5.41, 5.74) is -1.03. The molecule has 0 spiro atoms. The lowest BCUT2D eigenvalue weighted by atomic mass is 9.97. The van der Waals surface area contributed by atoms with E-state index in [4.69, 9.17) is 0 Å². The van der Waals surface area contributed by atoms with Crippen LogP contribution in [0.25, 0.3) is 0 Å². The van der Waals surface area contributed by atoms with Crippen LogP contribution in [0.3, 0.4) is 0 Å². The zero-order valence-corrected chi connectivity index (χ0v) is 22.6. The Balaban J connectivity index is 0.000000267. The van der Waals surface area contributed by atoms with Gasteiger partial charge in [-0.15, -0.1) is 0 Å². The molecule has 0 aliphatic heterocycles. The molecule has 0 atom stereocenters. The quantitative estimate of drug-likeness (QED) is 0.133. The van der Waals surface area contributed by atoms with Crippen LogP contribution in [-0.2, 0) is 30.5 Å². The first-order chi connectivity index (χ1) is 17.6. The van der Waals surface area contributed by atoms with Crippen molar-refractivity contribution in [2.75, 3.05) is 6.61 Å². The van der Waals surface area contributed by atoms with Gasteiger partial charge in [0.1, 0.15) is 0 Å². The first kappa shape index (κ1) is 31.3. The molecule has 0 unspecified atom stereocenters. The van der Waals surface area contributed by atoms with Crippen LogP contribution in [0.4, 0.5) is 17.6 Å². The van der Waals surface area contributed by atoms with Crippen LogP contribution in [0.1, 0.15) is 27.2 Å². The number of ether oxygens (including phenoxy) is 1. The fourth-order valence-electron chi connectivity index (χ4n) is 2.89. The molecule has 206 valence electrons. The topological polar surface area (TPSA) is 83.5 Å². The largest absolute Gasteiger partial charge is 0.743 e. The molecule has 0 amide bonds. The van der Waals surface area contributed by atoms with Crippen LogP contribution in [0.15, 0.2) is 106 Å². The molecule has 0 fully saturated rings. The van der Waals surface area contributed by atoms with Crippen LogP contribution in [-0.4, -0.2) is 36.7 Å². The monoisotopic (exact) mass is 572 g/mol. The van der Waals surface area contributed by atoms with Crippen LogP contribution in [0.2, 0.25) is 0 Å². The minimum absolute atomic E-state index is 0.0146. The van der Waals surface area contributed by atoms with Gasteiger partial charge in [0, 0.05) is 0 Å². The lowest BCUT2D eigenvalue weighted by Crippen LogP contribution is -2.47. The van der Waals surface area contributed by atoms with E-state index in [0.717, 1.165) is 0 Å². The minimum Gasteiger partial charge on any atom is -0.743 e. The summed E-state index contributed by atoms with van der Waals surface area (Å²) < 4.78 is 85.7. The summed E-state index contributed by atoms with van der Waals surface area (Å²) >= 11 is 0. The third-order valence-corrected chi connectivity index (χ3v) is 8.10. The second-order valence-corrected chi connectivity index (χ2v) is 12.5. The van der Waals surface area contributed by atoms with Crippen molar-refractivity contribution in [2.45, 2.75) is 53.1 Å². The Kier molecular flexibility index (Phi) is 10.5. The van der Waals surface area contributed by atoms with Crippen molar-refractivity contribution in [3.8, 4) is 0 Å². The molecule has 3 rings (SSSR count).